The number of hydrogen-bond acceptors (Lipinski definition) is 3. The van der Waals surface area contributed by atoms with Crippen molar-refractivity contribution in [3.8, 4) is 11.3 Å². The zero-order chi connectivity index (χ0) is 17.1. The molecule has 6 heteroatoms. The molecule has 0 bridgehead atoms. The highest BCUT2D eigenvalue weighted by atomic mass is 35.5. The highest BCUT2D eigenvalue weighted by Gasteiger charge is 2.16. The van der Waals surface area contributed by atoms with Crippen LogP contribution in [0.25, 0.3) is 11.3 Å². The number of carboxylic acids is 1. The highest BCUT2D eigenvalue weighted by Crippen LogP contribution is 2.31. The number of aliphatic carboxylic acids is 1. The molecule has 0 saturated carbocycles. The Morgan fingerprint density at radius 3 is 2.50 bits per heavy atom. The largest absolute Gasteiger partial charge is 0.481 e. The standard InChI is InChI=1S/C18H13Cl2NO2S/c19-13-7-6-11(8-14(13)20)9-16-21-18(12-4-2-1-3-5-12)15(24-16)10-17(22)23/h1-8H,9-10H2,(H,22,23). The van der Waals surface area contributed by atoms with Crippen LogP contribution in [0.4, 0.5) is 0 Å². The minimum atomic E-state index is -0.864. The predicted molar refractivity (Wildman–Crippen MR) is 98.2 cm³/mol. The van der Waals surface area contributed by atoms with E-state index in [0.29, 0.717) is 16.5 Å². The van der Waals surface area contributed by atoms with Crippen LogP contribution in [0.15, 0.2) is 48.5 Å². The first-order valence-corrected chi connectivity index (χ1v) is 8.80. The van der Waals surface area contributed by atoms with E-state index in [1.807, 2.05) is 42.5 Å². The predicted octanol–water partition coefficient (Wildman–Crippen LogP) is 5.33. The number of aromatic nitrogens is 1. The molecule has 0 spiro atoms. The Kier molecular flexibility index (Phi) is 5.19. The molecule has 122 valence electrons. The van der Waals surface area contributed by atoms with Crippen LogP contribution in [-0.2, 0) is 17.6 Å². The summed E-state index contributed by atoms with van der Waals surface area (Å²) in [6.45, 7) is 0. The van der Waals surface area contributed by atoms with Crippen LogP contribution in [0.1, 0.15) is 15.4 Å². The Hall–Kier alpha value is -1.88. The lowest BCUT2D eigenvalue weighted by molar-refractivity contribution is -0.136. The minimum Gasteiger partial charge on any atom is -0.481 e. The number of nitrogens with zero attached hydrogens (tertiary/aromatic N) is 1. The molecule has 1 heterocycles. The Morgan fingerprint density at radius 2 is 1.83 bits per heavy atom. The van der Waals surface area contributed by atoms with Crippen molar-refractivity contribution in [1.82, 2.24) is 4.98 Å². The summed E-state index contributed by atoms with van der Waals surface area (Å²) in [5, 5.41) is 11.0. The van der Waals surface area contributed by atoms with E-state index in [1.165, 1.54) is 11.3 Å². The second-order valence-electron chi connectivity index (χ2n) is 5.24. The molecule has 0 fully saturated rings. The van der Waals surface area contributed by atoms with Crippen LogP contribution >= 0.6 is 34.5 Å². The molecule has 0 aliphatic carbocycles. The van der Waals surface area contributed by atoms with E-state index < -0.39 is 5.97 Å². The molecule has 0 unspecified atom stereocenters. The van der Waals surface area contributed by atoms with Gasteiger partial charge in [0.05, 0.1) is 27.2 Å². The third-order valence-electron chi connectivity index (χ3n) is 3.44. The summed E-state index contributed by atoms with van der Waals surface area (Å²) in [6, 6.07) is 15.1. The average Bonchev–Trinajstić information content (AvgIpc) is 2.93. The van der Waals surface area contributed by atoms with Gasteiger partial charge in [-0.25, -0.2) is 4.98 Å². The van der Waals surface area contributed by atoms with E-state index in [4.69, 9.17) is 28.3 Å². The molecular weight excluding hydrogens is 365 g/mol. The maximum Gasteiger partial charge on any atom is 0.308 e. The third-order valence-corrected chi connectivity index (χ3v) is 5.23. The van der Waals surface area contributed by atoms with Crippen molar-refractivity contribution in [2.24, 2.45) is 0 Å². The molecule has 0 saturated heterocycles. The van der Waals surface area contributed by atoms with Crippen molar-refractivity contribution in [2.45, 2.75) is 12.8 Å². The zero-order valence-corrected chi connectivity index (χ0v) is 14.8. The normalized spacial score (nSPS) is 10.8. The monoisotopic (exact) mass is 377 g/mol. The maximum absolute atomic E-state index is 11.1. The molecule has 1 aromatic heterocycles. The third kappa shape index (κ3) is 3.96. The van der Waals surface area contributed by atoms with Crippen LogP contribution in [0.2, 0.25) is 10.0 Å². The number of halogens is 2. The molecule has 0 atom stereocenters. The Morgan fingerprint density at radius 1 is 1.08 bits per heavy atom. The summed E-state index contributed by atoms with van der Waals surface area (Å²) in [5.41, 5.74) is 2.64. The summed E-state index contributed by atoms with van der Waals surface area (Å²) < 4.78 is 0. The molecule has 3 aromatic rings. The Bertz CT molecular complexity index is 878. The van der Waals surface area contributed by atoms with Gasteiger partial charge in [-0.3, -0.25) is 4.79 Å². The van der Waals surface area contributed by atoms with Crippen molar-refractivity contribution in [3.63, 3.8) is 0 Å². The van der Waals surface area contributed by atoms with Crippen LogP contribution in [0.5, 0.6) is 0 Å². The van der Waals surface area contributed by atoms with Gasteiger partial charge in [0.25, 0.3) is 0 Å². The van der Waals surface area contributed by atoms with E-state index in [0.717, 1.165) is 26.7 Å². The van der Waals surface area contributed by atoms with Gasteiger partial charge < -0.3 is 5.11 Å². The van der Waals surface area contributed by atoms with Crippen molar-refractivity contribution < 1.29 is 9.90 Å². The van der Waals surface area contributed by atoms with Crippen LogP contribution in [-0.4, -0.2) is 16.1 Å². The number of thiazole rings is 1. The fourth-order valence-electron chi connectivity index (χ4n) is 2.38. The van der Waals surface area contributed by atoms with Crippen molar-refractivity contribution in [1.29, 1.82) is 0 Å². The Balaban J connectivity index is 1.95. The maximum atomic E-state index is 11.1. The van der Waals surface area contributed by atoms with E-state index >= 15 is 0 Å². The molecule has 3 rings (SSSR count). The van der Waals surface area contributed by atoms with E-state index in [2.05, 4.69) is 4.98 Å². The highest BCUT2D eigenvalue weighted by molar-refractivity contribution is 7.12. The van der Waals surface area contributed by atoms with E-state index in [9.17, 15) is 4.79 Å². The first-order chi connectivity index (χ1) is 11.5. The molecule has 0 amide bonds. The van der Waals surface area contributed by atoms with Crippen LogP contribution < -0.4 is 0 Å². The summed E-state index contributed by atoms with van der Waals surface area (Å²) in [7, 11) is 0. The summed E-state index contributed by atoms with van der Waals surface area (Å²) in [5.74, 6) is -0.864. The molecule has 24 heavy (non-hydrogen) atoms. The molecule has 0 aliphatic rings. The lowest BCUT2D eigenvalue weighted by Crippen LogP contribution is -1.99. The van der Waals surface area contributed by atoms with Crippen LogP contribution in [0, 0.1) is 0 Å². The molecular formula is C18H13Cl2NO2S. The van der Waals surface area contributed by atoms with Gasteiger partial charge in [-0.2, -0.15) is 0 Å². The number of carbonyl (C=O) groups is 1. The summed E-state index contributed by atoms with van der Waals surface area (Å²) in [4.78, 5) is 16.6. The van der Waals surface area contributed by atoms with Crippen molar-refractivity contribution >= 4 is 40.5 Å². The second-order valence-corrected chi connectivity index (χ2v) is 7.22. The average molecular weight is 378 g/mol. The quantitative estimate of drug-likeness (QED) is 0.653. The molecule has 0 radical (unpaired) electrons. The molecule has 0 aliphatic heterocycles. The SMILES string of the molecule is O=C(O)Cc1sc(Cc2ccc(Cl)c(Cl)c2)nc1-c1ccccc1. The number of hydrogen-bond donors (Lipinski definition) is 1. The summed E-state index contributed by atoms with van der Waals surface area (Å²) >= 11 is 13.4. The van der Waals surface area contributed by atoms with Gasteiger partial charge in [-0.15, -0.1) is 11.3 Å². The number of rotatable bonds is 5. The van der Waals surface area contributed by atoms with E-state index in [1.54, 1.807) is 6.07 Å². The number of benzene rings is 2. The molecule has 2 aromatic carbocycles. The smallest absolute Gasteiger partial charge is 0.308 e. The zero-order valence-electron chi connectivity index (χ0n) is 12.5. The first-order valence-electron chi connectivity index (χ1n) is 7.22. The van der Waals surface area contributed by atoms with Gasteiger partial charge in [0.1, 0.15) is 0 Å². The van der Waals surface area contributed by atoms with Crippen LogP contribution in [0.3, 0.4) is 0 Å². The fraction of sp³-hybridized carbons (Fsp3) is 0.111. The fourth-order valence-corrected chi connectivity index (χ4v) is 3.82. The Labute approximate surface area is 153 Å². The second kappa shape index (κ2) is 7.34. The van der Waals surface area contributed by atoms with Gasteiger partial charge in [0, 0.05) is 16.9 Å². The first kappa shape index (κ1) is 17.0. The number of carboxylic acid groups (broad SMARTS) is 1. The topological polar surface area (TPSA) is 50.2 Å². The minimum absolute atomic E-state index is 0.0384. The van der Waals surface area contributed by atoms with Gasteiger partial charge >= 0.3 is 5.97 Å². The van der Waals surface area contributed by atoms with Crippen molar-refractivity contribution in [3.05, 3.63) is 74.0 Å². The van der Waals surface area contributed by atoms with Gasteiger partial charge in [0.15, 0.2) is 0 Å². The molecule has 3 nitrogen and oxygen atoms in total. The lowest BCUT2D eigenvalue weighted by atomic mass is 10.1. The molecule has 1 N–H and O–H groups in total. The van der Waals surface area contributed by atoms with Gasteiger partial charge in [0.2, 0.25) is 0 Å². The van der Waals surface area contributed by atoms with Gasteiger partial charge in [-0.05, 0) is 17.7 Å². The lowest BCUT2D eigenvalue weighted by Gasteiger charge is -2.01. The van der Waals surface area contributed by atoms with Gasteiger partial charge in [-0.1, -0.05) is 59.6 Å². The van der Waals surface area contributed by atoms with E-state index in [-0.39, 0.29) is 6.42 Å². The summed E-state index contributed by atoms with van der Waals surface area (Å²) in [6.07, 6.45) is 0.546. The van der Waals surface area contributed by atoms with Crippen molar-refractivity contribution in [2.75, 3.05) is 0 Å².